The van der Waals surface area contributed by atoms with Crippen LogP contribution < -0.4 is 5.32 Å². The molecule has 0 amide bonds. The summed E-state index contributed by atoms with van der Waals surface area (Å²) in [5.74, 6) is 0. The maximum Gasteiger partial charge on any atom is 0.101 e. The molecule has 0 bridgehead atoms. The molecule has 1 aromatic heterocycles. The summed E-state index contributed by atoms with van der Waals surface area (Å²) in [6.45, 7) is 6.08. The number of anilines is 1. The number of aromatic nitrogens is 1. The van der Waals surface area contributed by atoms with Crippen molar-refractivity contribution in [3.05, 3.63) is 44.9 Å². The Morgan fingerprint density at radius 1 is 1.20 bits per heavy atom. The fourth-order valence-electron chi connectivity index (χ4n) is 2.09. The highest BCUT2D eigenvalue weighted by atomic mass is 32.1. The van der Waals surface area contributed by atoms with Gasteiger partial charge in [-0.25, -0.2) is 4.98 Å². The number of hydrogen-bond acceptors (Lipinski definition) is 5. The van der Waals surface area contributed by atoms with Gasteiger partial charge in [-0.15, -0.1) is 11.3 Å². The maximum atomic E-state index is 9.03. The van der Waals surface area contributed by atoms with E-state index in [1.165, 1.54) is 4.88 Å². The first kappa shape index (κ1) is 14.0. The van der Waals surface area contributed by atoms with Crippen LogP contribution >= 0.6 is 11.3 Å². The van der Waals surface area contributed by atoms with Gasteiger partial charge in [-0.2, -0.15) is 10.5 Å². The van der Waals surface area contributed by atoms with E-state index in [0.29, 0.717) is 11.1 Å². The molecule has 0 aliphatic carbocycles. The van der Waals surface area contributed by atoms with Crippen molar-refractivity contribution in [1.29, 1.82) is 10.5 Å². The number of thiazole rings is 1. The molecule has 1 atom stereocenters. The van der Waals surface area contributed by atoms with Crippen molar-refractivity contribution < 1.29 is 0 Å². The predicted octanol–water partition coefficient (Wildman–Crippen LogP) is 3.68. The molecular formula is C15H14N4S. The van der Waals surface area contributed by atoms with Gasteiger partial charge in [-0.1, -0.05) is 0 Å². The molecular weight excluding hydrogens is 268 g/mol. The molecule has 0 saturated heterocycles. The van der Waals surface area contributed by atoms with Crippen molar-refractivity contribution in [1.82, 2.24) is 4.98 Å². The molecule has 5 heteroatoms. The van der Waals surface area contributed by atoms with Gasteiger partial charge < -0.3 is 5.32 Å². The van der Waals surface area contributed by atoms with Gasteiger partial charge in [0.1, 0.15) is 12.1 Å². The Balaban J connectivity index is 2.25. The van der Waals surface area contributed by atoms with Crippen LogP contribution in [0.2, 0.25) is 0 Å². The van der Waals surface area contributed by atoms with E-state index in [1.807, 2.05) is 32.1 Å². The average molecular weight is 282 g/mol. The molecule has 100 valence electrons. The van der Waals surface area contributed by atoms with Gasteiger partial charge in [0, 0.05) is 10.6 Å². The average Bonchev–Trinajstić information content (AvgIpc) is 2.77. The highest BCUT2D eigenvalue weighted by Crippen LogP contribution is 2.26. The first-order valence-electron chi connectivity index (χ1n) is 6.20. The van der Waals surface area contributed by atoms with E-state index < -0.39 is 0 Å². The molecule has 4 nitrogen and oxygen atoms in total. The molecule has 0 aliphatic heterocycles. The minimum Gasteiger partial charge on any atom is -0.377 e. The minimum atomic E-state index is 0.0550. The monoisotopic (exact) mass is 282 g/mol. The highest BCUT2D eigenvalue weighted by molar-refractivity contribution is 7.11. The summed E-state index contributed by atoms with van der Waals surface area (Å²) in [6.07, 6.45) is 0. The van der Waals surface area contributed by atoms with Crippen LogP contribution in [0.1, 0.15) is 39.7 Å². The Hall–Kier alpha value is -2.37. The Labute approximate surface area is 122 Å². The zero-order chi connectivity index (χ0) is 14.7. The Kier molecular flexibility index (Phi) is 4.02. The SMILES string of the molecule is Cc1nc(C(C)Nc2ccc(C#N)c(C#N)c2)c(C)s1. The van der Waals surface area contributed by atoms with Gasteiger partial charge in [-0.05, 0) is 39.0 Å². The standard InChI is InChI=1S/C15H14N4S/c1-9(15-10(2)20-11(3)19-15)18-14-5-4-12(7-16)13(6-14)8-17/h4-6,9,18H,1-3H3. The van der Waals surface area contributed by atoms with E-state index in [0.717, 1.165) is 16.4 Å². The summed E-state index contributed by atoms with van der Waals surface area (Å²) >= 11 is 1.68. The van der Waals surface area contributed by atoms with Crippen LogP contribution in [0.3, 0.4) is 0 Å². The second-order valence-corrected chi connectivity index (χ2v) is 5.93. The van der Waals surface area contributed by atoms with Crippen molar-refractivity contribution in [3.63, 3.8) is 0 Å². The van der Waals surface area contributed by atoms with E-state index >= 15 is 0 Å². The van der Waals surface area contributed by atoms with Crippen LogP contribution in [0.4, 0.5) is 5.69 Å². The summed E-state index contributed by atoms with van der Waals surface area (Å²) in [5, 5.41) is 22.3. The summed E-state index contributed by atoms with van der Waals surface area (Å²) in [5.41, 5.74) is 2.62. The van der Waals surface area contributed by atoms with Crippen molar-refractivity contribution in [3.8, 4) is 12.1 Å². The fraction of sp³-hybridized carbons (Fsp3) is 0.267. The zero-order valence-corrected chi connectivity index (χ0v) is 12.4. The van der Waals surface area contributed by atoms with Crippen LogP contribution in [-0.2, 0) is 0 Å². The highest BCUT2D eigenvalue weighted by Gasteiger charge is 2.13. The van der Waals surface area contributed by atoms with Crippen LogP contribution in [0.5, 0.6) is 0 Å². The van der Waals surface area contributed by atoms with Gasteiger partial charge in [-0.3, -0.25) is 0 Å². The molecule has 1 unspecified atom stereocenters. The molecule has 0 aliphatic rings. The Morgan fingerprint density at radius 2 is 1.90 bits per heavy atom. The van der Waals surface area contributed by atoms with E-state index in [4.69, 9.17) is 10.5 Å². The van der Waals surface area contributed by atoms with Crippen molar-refractivity contribution in [2.24, 2.45) is 0 Å². The zero-order valence-electron chi connectivity index (χ0n) is 11.6. The van der Waals surface area contributed by atoms with Crippen molar-refractivity contribution in [2.45, 2.75) is 26.8 Å². The summed E-state index contributed by atoms with van der Waals surface area (Å²) < 4.78 is 0. The molecule has 1 heterocycles. The smallest absolute Gasteiger partial charge is 0.101 e. The summed E-state index contributed by atoms with van der Waals surface area (Å²) in [6, 6.07) is 9.27. The molecule has 2 aromatic rings. The largest absolute Gasteiger partial charge is 0.377 e. The normalized spacial score (nSPS) is 11.4. The van der Waals surface area contributed by atoms with Crippen molar-refractivity contribution >= 4 is 17.0 Å². The van der Waals surface area contributed by atoms with Gasteiger partial charge in [0.2, 0.25) is 0 Å². The van der Waals surface area contributed by atoms with E-state index in [1.54, 1.807) is 23.5 Å². The Morgan fingerprint density at radius 3 is 2.45 bits per heavy atom. The summed E-state index contributed by atoms with van der Waals surface area (Å²) in [4.78, 5) is 5.71. The molecule has 20 heavy (non-hydrogen) atoms. The number of nitrogens with one attached hydrogen (secondary N) is 1. The lowest BCUT2D eigenvalue weighted by Gasteiger charge is -2.14. The first-order chi connectivity index (χ1) is 9.55. The van der Waals surface area contributed by atoms with Crippen LogP contribution in [0.25, 0.3) is 0 Å². The lowest BCUT2D eigenvalue weighted by molar-refractivity contribution is 0.837. The van der Waals surface area contributed by atoms with Crippen LogP contribution in [0, 0.1) is 36.5 Å². The van der Waals surface area contributed by atoms with E-state index in [9.17, 15) is 0 Å². The first-order valence-corrected chi connectivity index (χ1v) is 7.01. The van der Waals surface area contributed by atoms with E-state index in [2.05, 4.69) is 17.2 Å². The third kappa shape index (κ3) is 2.79. The van der Waals surface area contributed by atoms with Crippen LogP contribution in [-0.4, -0.2) is 4.98 Å². The van der Waals surface area contributed by atoms with Crippen LogP contribution in [0.15, 0.2) is 18.2 Å². The van der Waals surface area contributed by atoms with Crippen molar-refractivity contribution in [2.75, 3.05) is 5.32 Å². The number of benzene rings is 1. The third-order valence-corrected chi connectivity index (χ3v) is 3.90. The summed E-state index contributed by atoms with van der Waals surface area (Å²) in [7, 11) is 0. The fourth-order valence-corrected chi connectivity index (χ4v) is 3.00. The van der Waals surface area contributed by atoms with Gasteiger partial charge >= 0.3 is 0 Å². The maximum absolute atomic E-state index is 9.03. The lowest BCUT2D eigenvalue weighted by atomic mass is 10.1. The molecule has 1 aromatic carbocycles. The third-order valence-electron chi connectivity index (χ3n) is 2.99. The number of hydrogen-bond donors (Lipinski definition) is 1. The minimum absolute atomic E-state index is 0.0550. The molecule has 0 radical (unpaired) electrons. The molecule has 1 N–H and O–H groups in total. The second kappa shape index (κ2) is 5.73. The topological polar surface area (TPSA) is 72.5 Å². The number of nitriles is 2. The van der Waals surface area contributed by atoms with E-state index in [-0.39, 0.29) is 6.04 Å². The predicted molar refractivity (Wildman–Crippen MR) is 79.5 cm³/mol. The molecule has 0 saturated carbocycles. The number of rotatable bonds is 3. The molecule has 0 fully saturated rings. The van der Waals surface area contributed by atoms with Gasteiger partial charge in [0.05, 0.1) is 27.9 Å². The van der Waals surface area contributed by atoms with Gasteiger partial charge in [0.25, 0.3) is 0 Å². The molecule has 0 spiro atoms. The number of nitrogens with zero attached hydrogens (tertiary/aromatic N) is 3. The second-order valence-electron chi connectivity index (χ2n) is 4.52. The lowest BCUT2D eigenvalue weighted by Crippen LogP contribution is -2.08. The number of aryl methyl sites for hydroxylation is 2. The van der Waals surface area contributed by atoms with Gasteiger partial charge in [0.15, 0.2) is 0 Å². The molecule has 2 rings (SSSR count). The Bertz CT molecular complexity index is 718. The quantitative estimate of drug-likeness (QED) is 0.932.